The number of rotatable bonds is 6. The SMILES string of the molecule is CCCC(C)SCCC(C)N. The molecule has 0 aromatic heterocycles. The molecule has 0 aliphatic carbocycles. The monoisotopic (exact) mass is 175 g/mol. The molecule has 0 fully saturated rings. The van der Waals surface area contributed by atoms with Crippen LogP contribution in [0, 0.1) is 0 Å². The van der Waals surface area contributed by atoms with Gasteiger partial charge in [0.1, 0.15) is 0 Å². The van der Waals surface area contributed by atoms with Gasteiger partial charge in [-0.25, -0.2) is 0 Å². The molecule has 0 saturated carbocycles. The van der Waals surface area contributed by atoms with Crippen LogP contribution in [0.3, 0.4) is 0 Å². The van der Waals surface area contributed by atoms with Crippen molar-refractivity contribution < 1.29 is 0 Å². The van der Waals surface area contributed by atoms with Gasteiger partial charge >= 0.3 is 0 Å². The molecule has 0 saturated heterocycles. The van der Waals surface area contributed by atoms with E-state index in [9.17, 15) is 0 Å². The smallest absolute Gasteiger partial charge is 0.00186 e. The molecule has 2 unspecified atom stereocenters. The predicted octanol–water partition coefficient (Wildman–Crippen LogP) is 2.65. The summed E-state index contributed by atoms with van der Waals surface area (Å²) in [5, 5.41) is 0.818. The van der Waals surface area contributed by atoms with E-state index in [4.69, 9.17) is 5.73 Å². The lowest BCUT2D eigenvalue weighted by molar-refractivity contribution is 0.717. The molecular formula is C9H21NS. The number of nitrogens with two attached hydrogens (primary N) is 1. The minimum atomic E-state index is 0.372. The van der Waals surface area contributed by atoms with Crippen molar-refractivity contribution in [3.63, 3.8) is 0 Å². The molecule has 0 radical (unpaired) electrons. The first kappa shape index (κ1) is 11.3. The van der Waals surface area contributed by atoms with Crippen molar-refractivity contribution in [1.82, 2.24) is 0 Å². The van der Waals surface area contributed by atoms with Crippen molar-refractivity contribution in [2.24, 2.45) is 5.73 Å². The van der Waals surface area contributed by atoms with E-state index in [-0.39, 0.29) is 0 Å². The van der Waals surface area contributed by atoms with E-state index in [1.807, 2.05) is 11.8 Å². The second kappa shape index (κ2) is 6.99. The fourth-order valence-electron chi connectivity index (χ4n) is 0.945. The summed E-state index contributed by atoms with van der Waals surface area (Å²) >= 11 is 2.05. The molecule has 0 amide bonds. The zero-order chi connectivity index (χ0) is 8.69. The lowest BCUT2D eigenvalue weighted by atomic mass is 10.3. The van der Waals surface area contributed by atoms with Crippen LogP contribution in [-0.4, -0.2) is 17.0 Å². The van der Waals surface area contributed by atoms with Gasteiger partial charge in [-0.15, -0.1) is 0 Å². The zero-order valence-electron chi connectivity index (χ0n) is 7.97. The van der Waals surface area contributed by atoms with Gasteiger partial charge in [0.05, 0.1) is 0 Å². The van der Waals surface area contributed by atoms with E-state index in [1.54, 1.807) is 0 Å². The van der Waals surface area contributed by atoms with Crippen LogP contribution in [0.5, 0.6) is 0 Å². The van der Waals surface area contributed by atoms with Gasteiger partial charge in [0.25, 0.3) is 0 Å². The van der Waals surface area contributed by atoms with Crippen molar-refractivity contribution in [1.29, 1.82) is 0 Å². The summed E-state index contributed by atoms with van der Waals surface area (Å²) in [6.07, 6.45) is 3.79. The Labute approximate surface area is 75.1 Å². The Kier molecular flexibility index (Phi) is 7.18. The highest BCUT2D eigenvalue weighted by molar-refractivity contribution is 7.99. The van der Waals surface area contributed by atoms with Crippen LogP contribution in [0.1, 0.15) is 40.0 Å². The summed E-state index contributed by atoms with van der Waals surface area (Å²) < 4.78 is 0. The summed E-state index contributed by atoms with van der Waals surface area (Å²) in [5.41, 5.74) is 5.64. The molecule has 0 bridgehead atoms. The average Bonchev–Trinajstić information content (AvgIpc) is 1.87. The summed E-state index contributed by atoms with van der Waals surface area (Å²) in [5.74, 6) is 1.22. The molecule has 0 heterocycles. The predicted molar refractivity (Wildman–Crippen MR) is 55.1 cm³/mol. The second-order valence-corrected chi connectivity index (χ2v) is 4.78. The standard InChI is InChI=1S/C9H21NS/c1-4-5-9(3)11-7-6-8(2)10/h8-9H,4-7,10H2,1-3H3. The number of thioether (sulfide) groups is 1. The van der Waals surface area contributed by atoms with Crippen LogP contribution in [0.4, 0.5) is 0 Å². The Morgan fingerprint density at radius 3 is 2.36 bits per heavy atom. The topological polar surface area (TPSA) is 26.0 Å². The van der Waals surface area contributed by atoms with E-state index in [0.29, 0.717) is 6.04 Å². The highest BCUT2D eigenvalue weighted by Gasteiger charge is 2.01. The molecule has 1 nitrogen and oxygen atoms in total. The fourth-order valence-corrected chi connectivity index (χ4v) is 2.26. The molecule has 0 rings (SSSR count). The van der Waals surface area contributed by atoms with Crippen LogP contribution in [0.2, 0.25) is 0 Å². The summed E-state index contributed by atoms with van der Waals surface area (Å²) in [4.78, 5) is 0. The summed E-state index contributed by atoms with van der Waals surface area (Å²) in [6, 6.07) is 0.372. The normalized spacial score (nSPS) is 16.4. The van der Waals surface area contributed by atoms with Gasteiger partial charge in [0.2, 0.25) is 0 Å². The molecule has 0 aliphatic heterocycles. The maximum Gasteiger partial charge on any atom is 0.00186 e. The third-order valence-corrected chi connectivity index (χ3v) is 2.95. The lowest BCUT2D eigenvalue weighted by Gasteiger charge is -2.10. The fraction of sp³-hybridized carbons (Fsp3) is 1.00. The van der Waals surface area contributed by atoms with Gasteiger partial charge in [-0.1, -0.05) is 20.3 Å². The average molecular weight is 175 g/mol. The number of hydrogen-bond acceptors (Lipinski definition) is 2. The molecule has 0 aromatic rings. The van der Waals surface area contributed by atoms with Crippen LogP contribution < -0.4 is 5.73 Å². The first-order chi connectivity index (χ1) is 5.16. The lowest BCUT2D eigenvalue weighted by Crippen LogP contribution is -2.15. The van der Waals surface area contributed by atoms with Crippen molar-refractivity contribution in [2.75, 3.05) is 5.75 Å². The molecule has 11 heavy (non-hydrogen) atoms. The maximum atomic E-state index is 5.64. The minimum absolute atomic E-state index is 0.372. The molecule has 68 valence electrons. The van der Waals surface area contributed by atoms with E-state index >= 15 is 0 Å². The Hall–Kier alpha value is 0.310. The van der Waals surface area contributed by atoms with Gasteiger partial charge in [-0.3, -0.25) is 0 Å². The Morgan fingerprint density at radius 1 is 1.27 bits per heavy atom. The van der Waals surface area contributed by atoms with Crippen molar-refractivity contribution in [3.8, 4) is 0 Å². The Balaban J connectivity index is 3.10. The third-order valence-electron chi connectivity index (χ3n) is 1.67. The van der Waals surface area contributed by atoms with Crippen LogP contribution in [0.25, 0.3) is 0 Å². The van der Waals surface area contributed by atoms with E-state index in [1.165, 1.54) is 18.6 Å². The van der Waals surface area contributed by atoms with E-state index < -0.39 is 0 Å². The van der Waals surface area contributed by atoms with Gasteiger partial charge < -0.3 is 5.73 Å². The molecule has 0 aromatic carbocycles. The van der Waals surface area contributed by atoms with Crippen LogP contribution in [0.15, 0.2) is 0 Å². The van der Waals surface area contributed by atoms with Crippen LogP contribution >= 0.6 is 11.8 Å². The number of hydrogen-bond donors (Lipinski definition) is 1. The minimum Gasteiger partial charge on any atom is -0.328 e. The highest BCUT2D eigenvalue weighted by Crippen LogP contribution is 2.16. The van der Waals surface area contributed by atoms with Crippen molar-refractivity contribution in [3.05, 3.63) is 0 Å². The molecular weight excluding hydrogens is 154 g/mol. The Bertz CT molecular complexity index is 83.6. The van der Waals surface area contributed by atoms with Gasteiger partial charge in [0.15, 0.2) is 0 Å². The molecule has 0 aliphatic rings. The van der Waals surface area contributed by atoms with Crippen LogP contribution in [-0.2, 0) is 0 Å². The molecule has 2 heteroatoms. The second-order valence-electron chi connectivity index (χ2n) is 3.24. The summed E-state index contributed by atoms with van der Waals surface area (Å²) in [7, 11) is 0. The third kappa shape index (κ3) is 8.21. The first-order valence-electron chi connectivity index (χ1n) is 4.54. The molecule has 2 atom stereocenters. The largest absolute Gasteiger partial charge is 0.328 e. The van der Waals surface area contributed by atoms with E-state index in [0.717, 1.165) is 11.7 Å². The van der Waals surface area contributed by atoms with Crippen molar-refractivity contribution in [2.45, 2.75) is 51.3 Å². The van der Waals surface area contributed by atoms with Crippen molar-refractivity contribution >= 4 is 11.8 Å². The van der Waals surface area contributed by atoms with E-state index in [2.05, 4.69) is 20.8 Å². The van der Waals surface area contributed by atoms with Gasteiger partial charge in [-0.05, 0) is 25.5 Å². The van der Waals surface area contributed by atoms with Gasteiger partial charge in [-0.2, -0.15) is 11.8 Å². The maximum absolute atomic E-state index is 5.64. The Morgan fingerprint density at radius 2 is 1.91 bits per heavy atom. The summed E-state index contributed by atoms with van der Waals surface area (Å²) in [6.45, 7) is 6.61. The first-order valence-corrected chi connectivity index (χ1v) is 5.58. The molecule has 2 N–H and O–H groups in total. The zero-order valence-corrected chi connectivity index (χ0v) is 8.79. The quantitative estimate of drug-likeness (QED) is 0.671. The van der Waals surface area contributed by atoms with Gasteiger partial charge in [0, 0.05) is 11.3 Å². The molecule has 0 spiro atoms. The highest BCUT2D eigenvalue weighted by atomic mass is 32.2.